The summed E-state index contributed by atoms with van der Waals surface area (Å²) in [7, 11) is -2.23. The van der Waals surface area contributed by atoms with Crippen molar-refractivity contribution >= 4 is 10.0 Å². The Bertz CT molecular complexity index is 871. The summed E-state index contributed by atoms with van der Waals surface area (Å²) in [6.07, 6.45) is 2.36. The predicted octanol–water partition coefficient (Wildman–Crippen LogP) is 2.34. The number of benzene rings is 1. The lowest BCUT2D eigenvalue weighted by molar-refractivity contribution is 0.344. The molecular weight excluding hydrogens is 354 g/mol. The van der Waals surface area contributed by atoms with Crippen LogP contribution in [0.25, 0.3) is 11.3 Å². The second-order valence-corrected chi connectivity index (χ2v) is 8.27. The summed E-state index contributed by atoms with van der Waals surface area (Å²) in [6.45, 7) is 6.89. The third-order valence-electron chi connectivity index (χ3n) is 4.79. The maximum atomic E-state index is 12.8. The van der Waals surface area contributed by atoms with E-state index in [9.17, 15) is 8.42 Å². The zero-order valence-corrected chi connectivity index (χ0v) is 16.2. The van der Waals surface area contributed by atoms with E-state index in [4.69, 9.17) is 9.26 Å². The first-order valence-corrected chi connectivity index (χ1v) is 10.2. The number of rotatable bonds is 7. The Morgan fingerprint density at radius 1 is 1.27 bits per heavy atom. The average molecular weight is 379 g/mol. The van der Waals surface area contributed by atoms with E-state index >= 15 is 0 Å². The molecular formula is C18H25N3O4S. The van der Waals surface area contributed by atoms with Crippen molar-refractivity contribution in [3.05, 3.63) is 29.5 Å². The van der Waals surface area contributed by atoms with Crippen LogP contribution in [0.3, 0.4) is 0 Å². The molecule has 8 heteroatoms. The van der Waals surface area contributed by atoms with E-state index < -0.39 is 10.0 Å². The molecule has 0 radical (unpaired) electrons. The largest absolute Gasteiger partial charge is 0.495 e. The summed E-state index contributed by atoms with van der Waals surface area (Å²) in [4.78, 5) is 2.36. The van der Waals surface area contributed by atoms with Gasteiger partial charge in [-0.05, 0) is 58.0 Å². The van der Waals surface area contributed by atoms with Crippen LogP contribution in [-0.2, 0) is 10.0 Å². The third kappa shape index (κ3) is 3.92. The number of hydrogen-bond donors (Lipinski definition) is 1. The molecule has 0 bridgehead atoms. The van der Waals surface area contributed by atoms with Gasteiger partial charge in [-0.3, -0.25) is 0 Å². The Labute approximate surface area is 154 Å². The van der Waals surface area contributed by atoms with Crippen molar-refractivity contribution in [2.75, 3.05) is 33.3 Å². The second-order valence-electron chi connectivity index (χ2n) is 6.53. The fourth-order valence-electron chi connectivity index (χ4n) is 3.13. The molecule has 0 atom stereocenters. The lowest BCUT2D eigenvalue weighted by atomic mass is 10.1. The Balaban J connectivity index is 1.84. The van der Waals surface area contributed by atoms with Crippen LogP contribution in [-0.4, -0.2) is 51.8 Å². The van der Waals surface area contributed by atoms with Crippen LogP contribution in [0.2, 0.25) is 0 Å². The number of nitrogens with one attached hydrogen (secondary N) is 1. The summed E-state index contributed by atoms with van der Waals surface area (Å²) >= 11 is 0. The summed E-state index contributed by atoms with van der Waals surface area (Å²) in [5, 5.41) is 3.94. The molecule has 3 rings (SSSR count). The van der Waals surface area contributed by atoms with Crippen LogP contribution in [0.15, 0.2) is 27.6 Å². The molecule has 1 N–H and O–H groups in total. The number of aryl methyl sites for hydroxylation is 1. The van der Waals surface area contributed by atoms with Crippen molar-refractivity contribution in [3.63, 3.8) is 0 Å². The van der Waals surface area contributed by atoms with Crippen molar-refractivity contribution in [3.8, 4) is 17.1 Å². The smallest absolute Gasteiger partial charge is 0.244 e. The van der Waals surface area contributed by atoms with Gasteiger partial charge in [-0.1, -0.05) is 5.16 Å². The molecule has 0 unspecified atom stereocenters. The molecule has 0 saturated carbocycles. The fourth-order valence-corrected chi connectivity index (χ4v) is 4.35. The normalized spacial score (nSPS) is 15.5. The number of ether oxygens (including phenoxy) is 1. The maximum Gasteiger partial charge on any atom is 0.244 e. The minimum atomic E-state index is -3.70. The van der Waals surface area contributed by atoms with Gasteiger partial charge in [0.1, 0.15) is 10.6 Å². The summed E-state index contributed by atoms with van der Waals surface area (Å²) in [6, 6.07) is 4.99. The molecule has 1 saturated heterocycles. The number of hydrogen-bond acceptors (Lipinski definition) is 6. The highest BCUT2D eigenvalue weighted by Gasteiger charge is 2.22. The van der Waals surface area contributed by atoms with Gasteiger partial charge < -0.3 is 14.2 Å². The van der Waals surface area contributed by atoms with Crippen LogP contribution in [0.1, 0.15) is 24.1 Å². The van der Waals surface area contributed by atoms with Gasteiger partial charge >= 0.3 is 0 Å². The monoisotopic (exact) mass is 379 g/mol. The molecule has 1 aliphatic rings. The van der Waals surface area contributed by atoms with E-state index in [0.717, 1.165) is 24.3 Å². The summed E-state index contributed by atoms with van der Waals surface area (Å²) < 4.78 is 38.9. The van der Waals surface area contributed by atoms with Gasteiger partial charge in [0, 0.05) is 24.2 Å². The number of methoxy groups -OCH3 is 1. The molecule has 2 heterocycles. The van der Waals surface area contributed by atoms with E-state index in [1.807, 2.05) is 13.8 Å². The van der Waals surface area contributed by atoms with Crippen molar-refractivity contribution in [1.82, 2.24) is 14.8 Å². The van der Waals surface area contributed by atoms with E-state index in [-0.39, 0.29) is 4.90 Å². The number of aromatic nitrogens is 1. The minimum Gasteiger partial charge on any atom is -0.495 e. The molecule has 0 spiro atoms. The highest BCUT2D eigenvalue weighted by molar-refractivity contribution is 7.89. The molecule has 1 fully saturated rings. The van der Waals surface area contributed by atoms with Crippen molar-refractivity contribution in [2.45, 2.75) is 31.6 Å². The van der Waals surface area contributed by atoms with E-state index in [0.29, 0.717) is 30.2 Å². The van der Waals surface area contributed by atoms with Crippen LogP contribution in [0.5, 0.6) is 5.75 Å². The van der Waals surface area contributed by atoms with Gasteiger partial charge in [0.15, 0.2) is 5.76 Å². The summed E-state index contributed by atoms with van der Waals surface area (Å²) in [5.74, 6) is 0.870. The number of likely N-dealkylation sites (tertiary alicyclic amines) is 1. The first-order chi connectivity index (χ1) is 12.4. The fraction of sp³-hybridized carbons (Fsp3) is 0.500. The van der Waals surface area contributed by atoms with Crippen molar-refractivity contribution in [2.24, 2.45) is 0 Å². The van der Waals surface area contributed by atoms with E-state index in [1.165, 1.54) is 20.0 Å². The molecule has 1 aliphatic heterocycles. The molecule has 1 aromatic carbocycles. The van der Waals surface area contributed by atoms with Crippen molar-refractivity contribution in [1.29, 1.82) is 0 Å². The molecule has 0 aliphatic carbocycles. The van der Waals surface area contributed by atoms with Gasteiger partial charge in [0.2, 0.25) is 10.0 Å². The number of sulfonamides is 1. The lowest BCUT2D eigenvalue weighted by Gasteiger charge is -2.16. The van der Waals surface area contributed by atoms with Gasteiger partial charge in [0.25, 0.3) is 0 Å². The van der Waals surface area contributed by atoms with E-state index in [2.05, 4.69) is 14.8 Å². The van der Waals surface area contributed by atoms with Crippen LogP contribution in [0, 0.1) is 13.8 Å². The van der Waals surface area contributed by atoms with Crippen LogP contribution >= 0.6 is 0 Å². The highest BCUT2D eigenvalue weighted by Crippen LogP contribution is 2.32. The Kier molecular flexibility index (Phi) is 5.64. The van der Waals surface area contributed by atoms with Crippen LogP contribution < -0.4 is 9.46 Å². The van der Waals surface area contributed by atoms with Gasteiger partial charge in [-0.25, -0.2) is 13.1 Å². The highest BCUT2D eigenvalue weighted by atomic mass is 32.2. The third-order valence-corrected chi connectivity index (χ3v) is 6.27. The molecule has 142 valence electrons. The zero-order chi connectivity index (χ0) is 18.7. The second kappa shape index (κ2) is 7.77. The van der Waals surface area contributed by atoms with Gasteiger partial charge in [-0.2, -0.15) is 0 Å². The quantitative estimate of drug-likeness (QED) is 0.795. The molecule has 2 aromatic rings. The Hall–Kier alpha value is -1.90. The SMILES string of the molecule is COc1ccc(-c2onc(C)c2C)cc1S(=O)(=O)NCCN1CCCC1. The molecule has 26 heavy (non-hydrogen) atoms. The van der Waals surface area contributed by atoms with E-state index in [1.54, 1.807) is 18.2 Å². The number of nitrogens with zero attached hydrogens (tertiary/aromatic N) is 2. The molecule has 7 nitrogen and oxygen atoms in total. The molecule has 1 aromatic heterocycles. The van der Waals surface area contributed by atoms with Gasteiger partial charge in [0.05, 0.1) is 12.8 Å². The Morgan fingerprint density at radius 2 is 2.00 bits per heavy atom. The lowest BCUT2D eigenvalue weighted by Crippen LogP contribution is -2.33. The van der Waals surface area contributed by atoms with Crippen molar-refractivity contribution < 1.29 is 17.7 Å². The first-order valence-electron chi connectivity index (χ1n) is 8.75. The summed E-state index contributed by atoms with van der Waals surface area (Å²) in [5.41, 5.74) is 2.33. The maximum absolute atomic E-state index is 12.8. The predicted molar refractivity (Wildman–Crippen MR) is 98.8 cm³/mol. The first kappa shape index (κ1) is 18.9. The Morgan fingerprint density at radius 3 is 2.62 bits per heavy atom. The molecule has 0 amide bonds. The standard InChI is InChI=1S/C18H25N3O4S/c1-13-14(2)20-25-18(13)15-6-7-16(24-3)17(12-15)26(22,23)19-8-11-21-9-4-5-10-21/h6-7,12,19H,4-5,8-11H2,1-3H3. The zero-order valence-electron chi connectivity index (χ0n) is 15.4. The average Bonchev–Trinajstić information content (AvgIpc) is 3.25. The van der Waals surface area contributed by atoms with Crippen LogP contribution in [0.4, 0.5) is 0 Å². The minimum absolute atomic E-state index is 0.104. The van der Waals surface area contributed by atoms with Gasteiger partial charge in [-0.15, -0.1) is 0 Å². The topological polar surface area (TPSA) is 84.7 Å².